The molecule has 0 amide bonds. The highest BCUT2D eigenvalue weighted by Crippen LogP contribution is 2.19. The molecule has 1 N–H and O–H groups in total. The number of pyridine rings is 1. The van der Waals surface area contributed by atoms with Gasteiger partial charge in [-0.25, -0.2) is 0 Å². The molecule has 0 saturated heterocycles. The van der Waals surface area contributed by atoms with Crippen LogP contribution in [0, 0.1) is 13.8 Å². The SMILES string of the molecule is COc1ccc(CNc2c(C)ccnc2C)cc1. The zero-order chi connectivity index (χ0) is 13.0. The Kier molecular flexibility index (Phi) is 3.82. The van der Waals surface area contributed by atoms with Crippen LogP contribution in [0.25, 0.3) is 0 Å². The molecule has 2 aromatic rings. The molecule has 3 nitrogen and oxygen atoms in total. The maximum Gasteiger partial charge on any atom is 0.118 e. The zero-order valence-electron chi connectivity index (χ0n) is 11.0. The molecule has 0 aliphatic heterocycles. The summed E-state index contributed by atoms with van der Waals surface area (Å²) in [6.45, 7) is 4.89. The molecule has 0 aliphatic carbocycles. The van der Waals surface area contributed by atoms with Crippen molar-refractivity contribution in [3.05, 3.63) is 53.3 Å². The first-order chi connectivity index (χ1) is 8.70. The van der Waals surface area contributed by atoms with Crippen molar-refractivity contribution in [1.29, 1.82) is 0 Å². The van der Waals surface area contributed by atoms with Gasteiger partial charge < -0.3 is 10.1 Å². The number of ether oxygens (including phenoxy) is 1. The van der Waals surface area contributed by atoms with Crippen LogP contribution in [-0.4, -0.2) is 12.1 Å². The number of aromatic nitrogens is 1. The monoisotopic (exact) mass is 242 g/mol. The van der Waals surface area contributed by atoms with Gasteiger partial charge in [-0.1, -0.05) is 12.1 Å². The molecule has 0 fully saturated rings. The first-order valence-corrected chi connectivity index (χ1v) is 5.99. The summed E-state index contributed by atoms with van der Waals surface area (Å²) in [5.41, 5.74) is 4.59. The number of rotatable bonds is 4. The Bertz CT molecular complexity index is 500. The molecular weight excluding hydrogens is 224 g/mol. The van der Waals surface area contributed by atoms with Crippen LogP contribution in [0.4, 0.5) is 5.69 Å². The molecule has 2 rings (SSSR count). The molecule has 1 heterocycles. The Morgan fingerprint density at radius 3 is 2.44 bits per heavy atom. The summed E-state index contributed by atoms with van der Waals surface area (Å²) in [7, 11) is 1.68. The fourth-order valence-electron chi connectivity index (χ4n) is 1.90. The van der Waals surface area contributed by atoms with E-state index in [9.17, 15) is 0 Å². The summed E-state index contributed by atoms with van der Waals surface area (Å²) in [6, 6.07) is 10.1. The molecule has 0 saturated carbocycles. The minimum absolute atomic E-state index is 0.789. The Balaban J connectivity index is 2.06. The van der Waals surface area contributed by atoms with E-state index in [0.29, 0.717) is 0 Å². The first kappa shape index (κ1) is 12.4. The first-order valence-electron chi connectivity index (χ1n) is 5.99. The van der Waals surface area contributed by atoms with Gasteiger partial charge in [0.2, 0.25) is 0 Å². The van der Waals surface area contributed by atoms with Gasteiger partial charge in [0.25, 0.3) is 0 Å². The molecular formula is C15H18N2O. The van der Waals surface area contributed by atoms with Crippen LogP contribution in [0.2, 0.25) is 0 Å². The minimum atomic E-state index is 0.789. The van der Waals surface area contributed by atoms with Crippen LogP contribution in [-0.2, 0) is 6.54 Å². The van der Waals surface area contributed by atoms with Crippen molar-refractivity contribution >= 4 is 5.69 Å². The topological polar surface area (TPSA) is 34.1 Å². The van der Waals surface area contributed by atoms with Crippen molar-refractivity contribution in [3.8, 4) is 5.75 Å². The van der Waals surface area contributed by atoms with Crippen LogP contribution < -0.4 is 10.1 Å². The zero-order valence-corrected chi connectivity index (χ0v) is 11.0. The van der Waals surface area contributed by atoms with E-state index in [-0.39, 0.29) is 0 Å². The highest BCUT2D eigenvalue weighted by Gasteiger charge is 2.02. The lowest BCUT2D eigenvalue weighted by molar-refractivity contribution is 0.414. The van der Waals surface area contributed by atoms with Gasteiger partial charge in [-0.2, -0.15) is 0 Å². The summed E-state index contributed by atoms with van der Waals surface area (Å²) in [5.74, 6) is 0.882. The number of hydrogen-bond donors (Lipinski definition) is 1. The molecule has 0 atom stereocenters. The van der Waals surface area contributed by atoms with Gasteiger partial charge in [-0.3, -0.25) is 4.98 Å². The maximum absolute atomic E-state index is 5.14. The van der Waals surface area contributed by atoms with Crippen LogP contribution in [0.1, 0.15) is 16.8 Å². The van der Waals surface area contributed by atoms with Crippen molar-refractivity contribution in [2.45, 2.75) is 20.4 Å². The third kappa shape index (κ3) is 2.80. The Labute approximate surface area is 108 Å². The highest BCUT2D eigenvalue weighted by atomic mass is 16.5. The van der Waals surface area contributed by atoms with Crippen molar-refractivity contribution in [3.63, 3.8) is 0 Å². The largest absolute Gasteiger partial charge is 0.497 e. The number of nitrogens with zero attached hydrogens (tertiary/aromatic N) is 1. The summed E-state index contributed by atoms with van der Waals surface area (Å²) in [6.07, 6.45) is 1.84. The van der Waals surface area contributed by atoms with E-state index in [1.807, 2.05) is 31.3 Å². The van der Waals surface area contributed by atoms with E-state index in [0.717, 1.165) is 23.7 Å². The van der Waals surface area contributed by atoms with Crippen molar-refractivity contribution in [2.24, 2.45) is 0 Å². The fourth-order valence-corrected chi connectivity index (χ4v) is 1.90. The van der Waals surface area contributed by atoms with Crippen molar-refractivity contribution < 1.29 is 4.74 Å². The second kappa shape index (κ2) is 5.54. The predicted octanol–water partition coefficient (Wildman–Crippen LogP) is 3.32. The van der Waals surface area contributed by atoms with Gasteiger partial charge in [-0.05, 0) is 43.2 Å². The Hall–Kier alpha value is -2.03. The van der Waals surface area contributed by atoms with Crippen LogP contribution in [0.15, 0.2) is 36.5 Å². The number of methoxy groups -OCH3 is 1. The lowest BCUT2D eigenvalue weighted by Gasteiger charge is -2.12. The standard InChI is InChI=1S/C15H18N2O/c1-11-8-9-16-12(2)15(11)17-10-13-4-6-14(18-3)7-5-13/h4-9,17H,10H2,1-3H3. The number of benzene rings is 1. The van der Waals surface area contributed by atoms with Crippen molar-refractivity contribution in [2.75, 3.05) is 12.4 Å². The van der Waals surface area contributed by atoms with Crippen LogP contribution in [0.3, 0.4) is 0 Å². The van der Waals surface area contributed by atoms with Gasteiger partial charge in [0.05, 0.1) is 18.5 Å². The van der Waals surface area contributed by atoms with Gasteiger partial charge in [0.1, 0.15) is 5.75 Å². The smallest absolute Gasteiger partial charge is 0.118 e. The molecule has 18 heavy (non-hydrogen) atoms. The predicted molar refractivity (Wildman–Crippen MR) is 74.0 cm³/mol. The van der Waals surface area contributed by atoms with Crippen LogP contribution >= 0.6 is 0 Å². The molecule has 0 spiro atoms. The molecule has 0 bridgehead atoms. The normalized spacial score (nSPS) is 10.2. The highest BCUT2D eigenvalue weighted by molar-refractivity contribution is 5.53. The second-order valence-electron chi connectivity index (χ2n) is 4.29. The average molecular weight is 242 g/mol. The molecule has 0 unspecified atom stereocenters. The summed E-state index contributed by atoms with van der Waals surface area (Å²) in [4.78, 5) is 4.30. The summed E-state index contributed by atoms with van der Waals surface area (Å²) >= 11 is 0. The van der Waals surface area contributed by atoms with E-state index in [2.05, 4.69) is 29.4 Å². The maximum atomic E-state index is 5.14. The van der Waals surface area contributed by atoms with Gasteiger partial charge in [-0.15, -0.1) is 0 Å². The van der Waals surface area contributed by atoms with Gasteiger partial charge in [0, 0.05) is 12.7 Å². The van der Waals surface area contributed by atoms with E-state index in [1.54, 1.807) is 7.11 Å². The Morgan fingerprint density at radius 1 is 1.11 bits per heavy atom. The molecule has 94 valence electrons. The third-order valence-corrected chi connectivity index (χ3v) is 2.98. The van der Waals surface area contributed by atoms with E-state index >= 15 is 0 Å². The number of nitrogens with one attached hydrogen (secondary N) is 1. The molecule has 1 aromatic carbocycles. The van der Waals surface area contributed by atoms with E-state index in [4.69, 9.17) is 4.74 Å². The number of anilines is 1. The fraction of sp³-hybridized carbons (Fsp3) is 0.267. The lowest BCUT2D eigenvalue weighted by atomic mass is 10.1. The number of aryl methyl sites for hydroxylation is 2. The molecule has 0 aliphatic rings. The second-order valence-corrected chi connectivity index (χ2v) is 4.29. The molecule has 3 heteroatoms. The quantitative estimate of drug-likeness (QED) is 0.893. The Morgan fingerprint density at radius 2 is 1.83 bits per heavy atom. The lowest BCUT2D eigenvalue weighted by Crippen LogP contribution is -2.03. The van der Waals surface area contributed by atoms with Gasteiger partial charge >= 0.3 is 0 Å². The average Bonchev–Trinajstić information content (AvgIpc) is 2.39. The summed E-state index contributed by atoms with van der Waals surface area (Å²) < 4.78 is 5.14. The minimum Gasteiger partial charge on any atom is -0.497 e. The van der Waals surface area contributed by atoms with Gasteiger partial charge in [0.15, 0.2) is 0 Å². The van der Waals surface area contributed by atoms with E-state index < -0.39 is 0 Å². The number of hydrogen-bond acceptors (Lipinski definition) is 3. The van der Waals surface area contributed by atoms with E-state index in [1.165, 1.54) is 11.1 Å². The van der Waals surface area contributed by atoms with Crippen LogP contribution in [0.5, 0.6) is 5.75 Å². The summed E-state index contributed by atoms with van der Waals surface area (Å²) in [5, 5.41) is 3.43. The third-order valence-electron chi connectivity index (χ3n) is 2.98. The molecule has 0 radical (unpaired) electrons. The molecule has 1 aromatic heterocycles. The van der Waals surface area contributed by atoms with Crippen molar-refractivity contribution in [1.82, 2.24) is 4.98 Å².